The molecule has 1 heterocycles. The highest BCUT2D eigenvalue weighted by Crippen LogP contribution is 2.30. The molecule has 1 saturated heterocycles. The summed E-state index contributed by atoms with van der Waals surface area (Å²) in [5, 5.41) is 18.5. The largest absolute Gasteiger partial charge is 0.506 e. The van der Waals surface area contributed by atoms with Crippen molar-refractivity contribution in [1.29, 1.82) is 0 Å². The van der Waals surface area contributed by atoms with E-state index in [1.807, 2.05) is 4.90 Å². The lowest BCUT2D eigenvalue weighted by atomic mass is 10.1. The normalized spacial score (nSPS) is 15.6. The van der Waals surface area contributed by atoms with Crippen molar-refractivity contribution in [2.45, 2.75) is 12.8 Å². The summed E-state index contributed by atoms with van der Waals surface area (Å²) in [5.41, 5.74) is 0.849. The van der Waals surface area contributed by atoms with E-state index in [1.165, 1.54) is 18.2 Å². The van der Waals surface area contributed by atoms with Gasteiger partial charge in [-0.15, -0.1) is 0 Å². The number of hydrogen-bond acceptors (Lipinski definition) is 3. The maximum atomic E-state index is 10.8. The number of carboxylic acids is 1. The number of phenols is 1. The van der Waals surface area contributed by atoms with E-state index < -0.39 is 5.97 Å². The van der Waals surface area contributed by atoms with Crippen LogP contribution in [0, 0.1) is 0 Å². The van der Waals surface area contributed by atoms with Crippen LogP contribution in [0.1, 0.15) is 23.2 Å². The Labute approximate surface area is 87.8 Å². The predicted molar refractivity (Wildman–Crippen MR) is 56.5 cm³/mol. The van der Waals surface area contributed by atoms with E-state index in [0.29, 0.717) is 5.69 Å². The van der Waals surface area contributed by atoms with Crippen LogP contribution in [0.3, 0.4) is 0 Å². The van der Waals surface area contributed by atoms with Crippen molar-refractivity contribution in [3.63, 3.8) is 0 Å². The zero-order valence-corrected chi connectivity index (χ0v) is 8.31. The second kappa shape index (κ2) is 3.81. The zero-order valence-electron chi connectivity index (χ0n) is 8.31. The molecule has 2 N–H and O–H groups in total. The first kappa shape index (κ1) is 9.83. The molecule has 1 fully saturated rings. The number of anilines is 1. The van der Waals surface area contributed by atoms with Crippen LogP contribution >= 0.6 is 0 Å². The highest BCUT2D eigenvalue weighted by molar-refractivity contribution is 5.89. The minimum absolute atomic E-state index is 0.155. The molecule has 1 aliphatic heterocycles. The molecule has 1 aromatic rings. The molecule has 4 nitrogen and oxygen atoms in total. The molecule has 15 heavy (non-hydrogen) atoms. The van der Waals surface area contributed by atoms with Gasteiger partial charge in [-0.25, -0.2) is 4.79 Å². The van der Waals surface area contributed by atoms with Crippen molar-refractivity contribution in [2.75, 3.05) is 18.0 Å². The van der Waals surface area contributed by atoms with Gasteiger partial charge in [-0.05, 0) is 31.0 Å². The van der Waals surface area contributed by atoms with Gasteiger partial charge in [0.25, 0.3) is 0 Å². The van der Waals surface area contributed by atoms with Gasteiger partial charge in [0.1, 0.15) is 5.75 Å². The number of rotatable bonds is 2. The third-order valence-corrected chi connectivity index (χ3v) is 2.67. The van der Waals surface area contributed by atoms with Gasteiger partial charge >= 0.3 is 5.97 Å². The van der Waals surface area contributed by atoms with Crippen LogP contribution in [0.2, 0.25) is 0 Å². The molecule has 0 unspecified atom stereocenters. The summed E-state index contributed by atoms with van der Waals surface area (Å²) in [5.74, 6) is -0.808. The van der Waals surface area contributed by atoms with Gasteiger partial charge in [-0.1, -0.05) is 0 Å². The lowest BCUT2D eigenvalue weighted by Gasteiger charge is -2.19. The van der Waals surface area contributed by atoms with Crippen LogP contribution in [0.25, 0.3) is 0 Å². The average Bonchev–Trinajstić information content (AvgIpc) is 2.71. The van der Waals surface area contributed by atoms with E-state index in [-0.39, 0.29) is 11.3 Å². The Hall–Kier alpha value is -1.71. The van der Waals surface area contributed by atoms with E-state index >= 15 is 0 Å². The minimum atomic E-state index is -0.963. The molecule has 0 saturated carbocycles. The van der Waals surface area contributed by atoms with Crippen LogP contribution in [-0.4, -0.2) is 29.3 Å². The molecular formula is C11H13NO3. The molecule has 0 atom stereocenters. The van der Waals surface area contributed by atoms with E-state index in [9.17, 15) is 9.90 Å². The topological polar surface area (TPSA) is 60.8 Å². The number of carbonyl (C=O) groups is 1. The molecule has 0 aliphatic carbocycles. The lowest BCUT2D eigenvalue weighted by Crippen LogP contribution is -2.18. The fraction of sp³-hybridized carbons (Fsp3) is 0.364. The van der Waals surface area contributed by atoms with Gasteiger partial charge in [-0.2, -0.15) is 0 Å². The molecule has 0 amide bonds. The quantitative estimate of drug-likeness (QED) is 0.774. The fourth-order valence-electron chi connectivity index (χ4n) is 1.87. The number of benzene rings is 1. The molecule has 0 spiro atoms. The molecular weight excluding hydrogens is 194 g/mol. The first-order valence-corrected chi connectivity index (χ1v) is 5.00. The molecule has 1 aliphatic rings. The summed E-state index contributed by atoms with van der Waals surface area (Å²) in [6, 6.07) is 4.39. The SMILES string of the molecule is O=C(O)c1ccc(O)c(N2CCCC2)c1. The van der Waals surface area contributed by atoms with E-state index in [2.05, 4.69) is 0 Å². The maximum Gasteiger partial charge on any atom is 0.335 e. The number of phenolic OH excluding ortho intramolecular Hbond substituents is 1. The van der Waals surface area contributed by atoms with Crippen molar-refractivity contribution < 1.29 is 15.0 Å². The van der Waals surface area contributed by atoms with Crippen LogP contribution in [0.5, 0.6) is 5.75 Å². The Bertz CT molecular complexity index is 383. The monoisotopic (exact) mass is 207 g/mol. The van der Waals surface area contributed by atoms with Crippen LogP contribution in [0.15, 0.2) is 18.2 Å². The zero-order chi connectivity index (χ0) is 10.8. The highest BCUT2D eigenvalue weighted by Gasteiger charge is 2.17. The molecule has 80 valence electrons. The van der Waals surface area contributed by atoms with Crippen LogP contribution < -0.4 is 4.90 Å². The Morgan fingerprint density at radius 1 is 1.27 bits per heavy atom. The summed E-state index contributed by atoms with van der Waals surface area (Å²) in [7, 11) is 0. The van der Waals surface area contributed by atoms with Crippen molar-refractivity contribution in [3.05, 3.63) is 23.8 Å². The Morgan fingerprint density at radius 2 is 1.93 bits per heavy atom. The molecule has 4 heteroatoms. The summed E-state index contributed by atoms with van der Waals surface area (Å²) < 4.78 is 0. The van der Waals surface area contributed by atoms with Gasteiger partial charge in [0.2, 0.25) is 0 Å². The highest BCUT2D eigenvalue weighted by atomic mass is 16.4. The number of aromatic carboxylic acids is 1. The number of nitrogens with zero attached hydrogens (tertiary/aromatic N) is 1. The second-order valence-corrected chi connectivity index (χ2v) is 3.70. The minimum Gasteiger partial charge on any atom is -0.506 e. The standard InChI is InChI=1S/C11H13NO3/c13-10-4-3-8(11(14)15)7-9(10)12-5-1-2-6-12/h3-4,7,13H,1-2,5-6H2,(H,14,15). The Morgan fingerprint density at radius 3 is 2.53 bits per heavy atom. The van der Waals surface area contributed by atoms with Crippen LogP contribution in [0.4, 0.5) is 5.69 Å². The van der Waals surface area contributed by atoms with E-state index in [4.69, 9.17) is 5.11 Å². The Kier molecular flexibility index (Phi) is 2.49. The average molecular weight is 207 g/mol. The second-order valence-electron chi connectivity index (χ2n) is 3.70. The number of carboxylic acid groups (broad SMARTS) is 1. The summed E-state index contributed by atoms with van der Waals surface area (Å²) in [6.45, 7) is 1.77. The predicted octanol–water partition coefficient (Wildman–Crippen LogP) is 1.69. The number of hydrogen-bond donors (Lipinski definition) is 2. The summed E-state index contributed by atoms with van der Waals surface area (Å²) >= 11 is 0. The van der Waals surface area contributed by atoms with Crippen molar-refractivity contribution >= 4 is 11.7 Å². The number of aromatic hydroxyl groups is 1. The molecule has 0 aromatic heterocycles. The van der Waals surface area contributed by atoms with E-state index in [0.717, 1.165) is 25.9 Å². The summed E-state index contributed by atoms with van der Waals surface area (Å²) in [6.07, 6.45) is 2.19. The van der Waals surface area contributed by atoms with Crippen molar-refractivity contribution in [3.8, 4) is 5.75 Å². The van der Waals surface area contributed by atoms with Crippen molar-refractivity contribution in [1.82, 2.24) is 0 Å². The molecule has 1 aromatic carbocycles. The first-order valence-electron chi connectivity index (χ1n) is 5.00. The first-order chi connectivity index (χ1) is 7.18. The Balaban J connectivity index is 2.35. The molecule has 0 bridgehead atoms. The smallest absolute Gasteiger partial charge is 0.335 e. The fourth-order valence-corrected chi connectivity index (χ4v) is 1.87. The maximum absolute atomic E-state index is 10.8. The van der Waals surface area contributed by atoms with Crippen molar-refractivity contribution in [2.24, 2.45) is 0 Å². The third kappa shape index (κ3) is 1.88. The molecule has 0 radical (unpaired) electrons. The summed E-state index contributed by atoms with van der Waals surface area (Å²) in [4.78, 5) is 12.8. The lowest BCUT2D eigenvalue weighted by molar-refractivity contribution is 0.0697. The van der Waals surface area contributed by atoms with Gasteiger partial charge in [0, 0.05) is 13.1 Å². The van der Waals surface area contributed by atoms with E-state index in [1.54, 1.807) is 0 Å². The van der Waals surface area contributed by atoms with Gasteiger partial charge in [0.05, 0.1) is 11.3 Å². The van der Waals surface area contributed by atoms with Gasteiger partial charge in [-0.3, -0.25) is 0 Å². The molecule has 2 rings (SSSR count). The third-order valence-electron chi connectivity index (χ3n) is 2.67. The van der Waals surface area contributed by atoms with Gasteiger partial charge < -0.3 is 15.1 Å². The van der Waals surface area contributed by atoms with Crippen LogP contribution in [-0.2, 0) is 0 Å². The van der Waals surface area contributed by atoms with Gasteiger partial charge in [0.15, 0.2) is 0 Å².